The van der Waals surface area contributed by atoms with Gasteiger partial charge in [0, 0.05) is 11.0 Å². The zero-order valence-electron chi connectivity index (χ0n) is 8.61. The van der Waals surface area contributed by atoms with Gasteiger partial charge < -0.3 is 5.11 Å². The van der Waals surface area contributed by atoms with Gasteiger partial charge in [-0.25, -0.2) is 0 Å². The molecule has 1 N–H and O–H groups in total. The van der Waals surface area contributed by atoms with Crippen LogP contribution in [-0.4, -0.2) is 36.1 Å². The highest BCUT2D eigenvalue weighted by Gasteiger charge is 2.03. The van der Waals surface area contributed by atoms with Crippen molar-refractivity contribution in [2.75, 3.05) is 20.1 Å². The monoisotopic (exact) mass is 271 g/mol. The van der Waals surface area contributed by atoms with Gasteiger partial charge in [0.05, 0.1) is 6.54 Å². The number of benzene rings is 1. The Kier molecular flexibility index (Phi) is 4.78. The molecule has 0 aliphatic heterocycles. The van der Waals surface area contributed by atoms with Gasteiger partial charge in [0.15, 0.2) is 0 Å². The maximum Gasteiger partial charge on any atom is 0.317 e. The first-order valence-electron chi connectivity index (χ1n) is 4.72. The molecule has 4 heteroatoms. The van der Waals surface area contributed by atoms with Crippen molar-refractivity contribution in [1.82, 2.24) is 4.90 Å². The fourth-order valence-corrected chi connectivity index (χ4v) is 1.55. The molecule has 0 radical (unpaired) electrons. The van der Waals surface area contributed by atoms with Crippen LogP contribution in [0.15, 0.2) is 28.7 Å². The topological polar surface area (TPSA) is 40.5 Å². The minimum Gasteiger partial charge on any atom is -0.480 e. The largest absolute Gasteiger partial charge is 0.480 e. The second kappa shape index (κ2) is 5.88. The third kappa shape index (κ3) is 4.95. The number of aliphatic carboxylic acids is 1. The van der Waals surface area contributed by atoms with Gasteiger partial charge in [0.25, 0.3) is 0 Å². The van der Waals surface area contributed by atoms with Crippen LogP contribution in [0.3, 0.4) is 0 Å². The Balaban J connectivity index is 2.36. The van der Waals surface area contributed by atoms with E-state index in [1.807, 2.05) is 31.3 Å². The molecule has 0 saturated heterocycles. The fraction of sp³-hybridized carbons (Fsp3) is 0.364. The van der Waals surface area contributed by atoms with Crippen molar-refractivity contribution >= 4 is 21.9 Å². The highest BCUT2D eigenvalue weighted by atomic mass is 79.9. The van der Waals surface area contributed by atoms with Gasteiger partial charge in [-0.1, -0.05) is 28.1 Å². The molecule has 1 rings (SSSR count). The Morgan fingerprint density at radius 3 is 2.53 bits per heavy atom. The summed E-state index contributed by atoms with van der Waals surface area (Å²) in [7, 11) is 1.81. The van der Waals surface area contributed by atoms with E-state index in [1.54, 1.807) is 4.90 Å². The molecule has 0 saturated carbocycles. The number of carbonyl (C=O) groups is 1. The van der Waals surface area contributed by atoms with E-state index in [4.69, 9.17) is 5.11 Å². The van der Waals surface area contributed by atoms with Crippen LogP contribution in [0.1, 0.15) is 5.56 Å². The lowest BCUT2D eigenvalue weighted by Crippen LogP contribution is -2.27. The van der Waals surface area contributed by atoms with E-state index in [1.165, 1.54) is 5.56 Å². The van der Waals surface area contributed by atoms with Crippen LogP contribution in [0.4, 0.5) is 0 Å². The van der Waals surface area contributed by atoms with Crippen LogP contribution in [0.2, 0.25) is 0 Å². The van der Waals surface area contributed by atoms with Crippen LogP contribution in [0, 0.1) is 0 Å². The summed E-state index contributed by atoms with van der Waals surface area (Å²) in [6, 6.07) is 8.07. The van der Waals surface area contributed by atoms with E-state index in [0.29, 0.717) is 0 Å². The van der Waals surface area contributed by atoms with Crippen LogP contribution >= 0.6 is 15.9 Å². The average Bonchev–Trinajstić information content (AvgIpc) is 2.16. The summed E-state index contributed by atoms with van der Waals surface area (Å²) in [6.07, 6.45) is 0.872. The van der Waals surface area contributed by atoms with Gasteiger partial charge in [-0.3, -0.25) is 9.69 Å². The molecule has 0 aliphatic carbocycles. The first-order chi connectivity index (χ1) is 7.08. The smallest absolute Gasteiger partial charge is 0.317 e. The number of hydrogen-bond donors (Lipinski definition) is 1. The van der Waals surface area contributed by atoms with Crippen molar-refractivity contribution in [3.63, 3.8) is 0 Å². The maximum atomic E-state index is 10.4. The summed E-state index contributed by atoms with van der Waals surface area (Å²) in [5.41, 5.74) is 1.22. The second-order valence-electron chi connectivity index (χ2n) is 3.51. The lowest BCUT2D eigenvalue weighted by atomic mass is 10.1. The third-order valence-corrected chi connectivity index (χ3v) is 2.63. The van der Waals surface area contributed by atoms with Gasteiger partial charge >= 0.3 is 5.97 Å². The molecule has 0 bridgehead atoms. The molecule has 15 heavy (non-hydrogen) atoms. The van der Waals surface area contributed by atoms with Gasteiger partial charge in [-0.15, -0.1) is 0 Å². The molecule has 1 aromatic carbocycles. The van der Waals surface area contributed by atoms with Crippen LogP contribution < -0.4 is 0 Å². The minimum atomic E-state index is -0.784. The van der Waals surface area contributed by atoms with Crippen molar-refractivity contribution in [2.45, 2.75) is 6.42 Å². The van der Waals surface area contributed by atoms with E-state index < -0.39 is 5.97 Å². The Bertz CT molecular complexity index is 324. The normalized spacial score (nSPS) is 10.6. The quantitative estimate of drug-likeness (QED) is 0.891. The molecule has 1 aromatic rings. The summed E-state index contributed by atoms with van der Waals surface area (Å²) in [5, 5.41) is 8.57. The number of carboxylic acids is 1. The minimum absolute atomic E-state index is 0.0938. The summed E-state index contributed by atoms with van der Waals surface area (Å²) in [6.45, 7) is 0.852. The van der Waals surface area contributed by atoms with Crippen molar-refractivity contribution < 1.29 is 9.90 Å². The van der Waals surface area contributed by atoms with Crippen LogP contribution in [-0.2, 0) is 11.2 Å². The van der Waals surface area contributed by atoms with E-state index in [2.05, 4.69) is 15.9 Å². The van der Waals surface area contributed by atoms with Gasteiger partial charge in [-0.05, 0) is 31.2 Å². The molecule has 0 unspecified atom stereocenters. The lowest BCUT2D eigenvalue weighted by molar-refractivity contribution is -0.137. The van der Waals surface area contributed by atoms with Crippen molar-refractivity contribution in [3.05, 3.63) is 34.3 Å². The first kappa shape index (κ1) is 12.2. The SMILES string of the molecule is CN(CCc1ccc(Br)cc1)CC(=O)O. The number of halogens is 1. The highest BCUT2D eigenvalue weighted by molar-refractivity contribution is 9.10. The Labute approximate surface area is 97.8 Å². The Morgan fingerprint density at radius 1 is 1.40 bits per heavy atom. The summed E-state index contributed by atoms with van der Waals surface area (Å²) < 4.78 is 1.06. The van der Waals surface area contributed by atoms with E-state index in [0.717, 1.165) is 17.4 Å². The van der Waals surface area contributed by atoms with Gasteiger partial charge in [0.1, 0.15) is 0 Å². The van der Waals surface area contributed by atoms with E-state index in [9.17, 15) is 4.79 Å². The Morgan fingerprint density at radius 2 is 2.00 bits per heavy atom. The van der Waals surface area contributed by atoms with Crippen molar-refractivity contribution in [3.8, 4) is 0 Å². The molecule has 0 amide bonds. The molecular weight excluding hydrogens is 258 g/mol. The predicted molar refractivity (Wildman–Crippen MR) is 63.0 cm³/mol. The number of carboxylic acid groups (broad SMARTS) is 1. The second-order valence-corrected chi connectivity index (χ2v) is 4.42. The Hall–Kier alpha value is -0.870. The summed E-state index contributed by atoms with van der Waals surface area (Å²) >= 11 is 3.37. The zero-order valence-corrected chi connectivity index (χ0v) is 10.2. The highest BCUT2D eigenvalue weighted by Crippen LogP contribution is 2.10. The molecule has 0 spiro atoms. The molecule has 0 heterocycles. The number of nitrogens with zero attached hydrogens (tertiary/aromatic N) is 1. The average molecular weight is 272 g/mol. The summed E-state index contributed by atoms with van der Waals surface area (Å²) in [4.78, 5) is 12.2. The first-order valence-corrected chi connectivity index (χ1v) is 5.52. The molecule has 82 valence electrons. The molecule has 0 aliphatic rings. The summed E-state index contributed by atoms with van der Waals surface area (Å²) in [5.74, 6) is -0.784. The standard InChI is InChI=1S/C11H14BrNO2/c1-13(8-11(14)15)7-6-9-2-4-10(12)5-3-9/h2-5H,6-8H2,1H3,(H,14,15). The zero-order chi connectivity index (χ0) is 11.3. The maximum absolute atomic E-state index is 10.4. The number of rotatable bonds is 5. The third-order valence-electron chi connectivity index (χ3n) is 2.10. The molecule has 0 atom stereocenters. The lowest BCUT2D eigenvalue weighted by Gasteiger charge is -2.13. The number of hydrogen-bond acceptors (Lipinski definition) is 2. The van der Waals surface area contributed by atoms with Gasteiger partial charge in [0.2, 0.25) is 0 Å². The van der Waals surface area contributed by atoms with Crippen molar-refractivity contribution in [2.24, 2.45) is 0 Å². The van der Waals surface area contributed by atoms with Crippen molar-refractivity contribution in [1.29, 1.82) is 0 Å². The number of likely N-dealkylation sites (N-methyl/N-ethyl adjacent to an activating group) is 1. The predicted octanol–water partition coefficient (Wildman–Crippen LogP) is 2.01. The van der Waals surface area contributed by atoms with Crippen LogP contribution in [0.25, 0.3) is 0 Å². The molecule has 0 aromatic heterocycles. The van der Waals surface area contributed by atoms with Crippen LogP contribution in [0.5, 0.6) is 0 Å². The van der Waals surface area contributed by atoms with Gasteiger partial charge in [-0.2, -0.15) is 0 Å². The van der Waals surface area contributed by atoms with E-state index >= 15 is 0 Å². The molecule has 3 nitrogen and oxygen atoms in total. The fourth-order valence-electron chi connectivity index (χ4n) is 1.28. The molecule has 0 fully saturated rings. The molecular formula is C11H14BrNO2. The van der Waals surface area contributed by atoms with E-state index in [-0.39, 0.29) is 6.54 Å².